The van der Waals surface area contributed by atoms with Gasteiger partial charge in [0.25, 0.3) is 0 Å². The lowest BCUT2D eigenvalue weighted by Gasteiger charge is -2.01. The molecule has 50 valence electrons. The number of rotatable bonds is 1. The van der Waals surface area contributed by atoms with Gasteiger partial charge in [0, 0.05) is 0 Å². The minimum atomic E-state index is -0.0244. The molecule has 0 saturated heterocycles. The predicted octanol–water partition coefficient (Wildman–Crippen LogP) is -0.266. The minimum Gasteiger partial charge on any atom is -0.384 e. The Hall–Kier alpha value is -0.520. The molecule has 0 spiro atoms. The van der Waals surface area contributed by atoms with Crippen LogP contribution in [-0.4, -0.2) is 24.3 Å². The SMILES string of the molecule is CNC1(C#CCO)CC1. The van der Waals surface area contributed by atoms with Gasteiger partial charge in [0.05, 0.1) is 5.54 Å². The Bertz CT molecular complexity index is 150. The van der Waals surface area contributed by atoms with Gasteiger partial charge in [-0.15, -0.1) is 0 Å². The van der Waals surface area contributed by atoms with E-state index >= 15 is 0 Å². The monoisotopic (exact) mass is 125 g/mol. The van der Waals surface area contributed by atoms with Gasteiger partial charge in [-0.1, -0.05) is 11.8 Å². The highest BCUT2D eigenvalue weighted by Crippen LogP contribution is 2.33. The largest absolute Gasteiger partial charge is 0.384 e. The second-order valence-electron chi connectivity index (χ2n) is 2.29. The van der Waals surface area contributed by atoms with Crippen LogP contribution < -0.4 is 5.32 Å². The van der Waals surface area contributed by atoms with Gasteiger partial charge in [-0.2, -0.15) is 0 Å². The van der Waals surface area contributed by atoms with Crippen LogP contribution in [0.15, 0.2) is 0 Å². The molecule has 2 heteroatoms. The minimum absolute atomic E-state index is 0.0244. The number of hydrogen-bond acceptors (Lipinski definition) is 2. The van der Waals surface area contributed by atoms with Gasteiger partial charge in [0.1, 0.15) is 6.61 Å². The van der Waals surface area contributed by atoms with Gasteiger partial charge in [0.15, 0.2) is 0 Å². The summed E-state index contributed by atoms with van der Waals surface area (Å²) in [5, 5.41) is 11.5. The fourth-order valence-corrected chi connectivity index (χ4v) is 0.771. The molecule has 0 aromatic carbocycles. The van der Waals surface area contributed by atoms with Crippen LogP contribution in [0.2, 0.25) is 0 Å². The first-order valence-electron chi connectivity index (χ1n) is 3.13. The lowest BCUT2D eigenvalue weighted by atomic mass is 10.3. The Morgan fingerprint density at radius 1 is 1.67 bits per heavy atom. The molecule has 2 nitrogen and oxygen atoms in total. The van der Waals surface area contributed by atoms with Crippen LogP contribution in [0.25, 0.3) is 0 Å². The van der Waals surface area contributed by atoms with Crippen molar-refractivity contribution in [2.75, 3.05) is 13.7 Å². The van der Waals surface area contributed by atoms with E-state index in [-0.39, 0.29) is 12.1 Å². The molecule has 0 radical (unpaired) electrons. The maximum Gasteiger partial charge on any atom is 0.104 e. The summed E-state index contributed by atoms with van der Waals surface area (Å²) < 4.78 is 0. The smallest absolute Gasteiger partial charge is 0.104 e. The summed E-state index contributed by atoms with van der Waals surface area (Å²) >= 11 is 0. The van der Waals surface area contributed by atoms with Crippen LogP contribution in [0.3, 0.4) is 0 Å². The molecule has 0 amide bonds. The normalized spacial score (nSPS) is 20.2. The number of aliphatic hydroxyl groups excluding tert-OH is 1. The zero-order valence-electron chi connectivity index (χ0n) is 5.57. The zero-order valence-corrected chi connectivity index (χ0v) is 5.57. The molecule has 1 fully saturated rings. The van der Waals surface area contributed by atoms with Gasteiger partial charge in [-0.05, 0) is 19.9 Å². The lowest BCUT2D eigenvalue weighted by Crippen LogP contribution is -2.24. The molecule has 0 atom stereocenters. The highest BCUT2D eigenvalue weighted by molar-refractivity contribution is 5.25. The third-order valence-corrected chi connectivity index (χ3v) is 1.64. The van der Waals surface area contributed by atoms with E-state index in [2.05, 4.69) is 17.2 Å². The maximum absolute atomic E-state index is 8.35. The van der Waals surface area contributed by atoms with E-state index in [1.165, 1.54) is 0 Å². The second-order valence-corrected chi connectivity index (χ2v) is 2.29. The first-order valence-corrected chi connectivity index (χ1v) is 3.13. The van der Waals surface area contributed by atoms with Crippen LogP contribution in [0.4, 0.5) is 0 Å². The van der Waals surface area contributed by atoms with Gasteiger partial charge >= 0.3 is 0 Å². The average molecular weight is 125 g/mol. The van der Waals surface area contributed by atoms with Gasteiger partial charge < -0.3 is 10.4 Å². The Kier molecular flexibility index (Phi) is 1.75. The van der Waals surface area contributed by atoms with E-state index in [0.29, 0.717) is 0 Å². The molecule has 0 aromatic heterocycles. The van der Waals surface area contributed by atoms with Crippen molar-refractivity contribution in [2.45, 2.75) is 18.4 Å². The van der Waals surface area contributed by atoms with Gasteiger partial charge in [-0.3, -0.25) is 0 Å². The maximum atomic E-state index is 8.35. The summed E-state index contributed by atoms with van der Waals surface area (Å²) in [5.74, 6) is 5.60. The highest BCUT2D eigenvalue weighted by atomic mass is 16.2. The molecule has 0 bridgehead atoms. The molecule has 0 aliphatic heterocycles. The van der Waals surface area contributed by atoms with E-state index in [0.717, 1.165) is 12.8 Å². The molecular formula is C7H11NO. The van der Waals surface area contributed by atoms with Gasteiger partial charge in [-0.25, -0.2) is 0 Å². The predicted molar refractivity (Wildman–Crippen MR) is 35.9 cm³/mol. The Morgan fingerprint density at radius 3 is 2.67 bits per heavy atom. The molecule has 1 aliphatic carbocycles. The number of aliphatic hydroxyl groups is 1. The summed E-state index contributed by atoms with van der Waals surface area (Å²) in [6.07, 6.45) is 2.24. The molecule has 1 rings (SSSR count). The van der Waals surface area contributed by atoms with E-state index in [1.54, 1.807) is 0 Å². The van der Waals surface area contributed by atoms with Crippen molar-refractivity contribution in [1.82, 2.24) is 5.32 Å². The van der Waals surface area contributed by atoms with Crippen molar-refractivity contribution in [3.8, 4) is 11.8 Å². The summed E-state index contributed by atoms with van der Waals surface area (Å²) in [6, 6.07) is 0. The zero-order chi connectivity index (χ0) is 6.74. The van der Waals surface area contributed by atoms with Crippen molar-refractivity contribution >= 4 is 0 Å². The molecule has 0 aromatic rings. The average Bonchev–Trinajstić information content (AvgIpc) is 2.65. The fourth-order valence-electron chi connectivity index (χ4n) is 0.771. The van der Waals surface area contributed by atoms with Crippen molar-refractivity contribution in [3.05, 3.63) is 0 Å². The van der Waals surface area contributed by atoms with Crippen LogP contribution >= 0.6 is 0 Å². The van der Waals surface area contributed by atoms with Gasteiger partial charge in [0.2, 0.25) is 0 Å². The van der Waals surface area contributed by atoms with Crippen molar-refractivity contribution < 1.29 is 5.11 Å². The molecule has 1 aliphatic rings. The topological polar surface area (TPSA) is 32.3 Å². The Labute approximate surface area is 55.3 Å². The van der Waals surface area contributed by atoms with E-state index in [9.17, 15) is 0 Å². The standard InChI is InChI=1S/C7H11NO/c1-8-7(4-5-7)3-2-6-9/h8-9H,4-6H2,1H3. The summed E-state index contributed by atoms with van der Waals surface area (Å²) in [6.45, 7) is -0.0244. The molecule has 9 heavy (non-hydrogen) atoms. The summed E-state index contributed by atoms with van der Waals surface area (Å²) in [7, 11) is 1.90. The first-order chi connectivity index (χ1) is 4.33. The molecule has 0 heterocycles. The van der Waals surface area contributed by atoms with E-state index < -0.39 is 0 Å². The van der Waals surface area contributed by atoms with Crippen LogP contribution in [0.5, 0.6) is 0 Å². The van der Waals surface area contributed by atoms with Crippen LogP contribution in [0, 0.1) is 11.8 Å². The first kappa shape index (κ1) is 6.60. The molecule has 0 unspecified atom stereocenters. The van der Waals surface area contributed by atoms with Crippen molar-refractivity contribution in [2.24, 2.45) is 0 Å². The van der Waals surface area contributed by atoms with E-state index in [1.807, 2.05) is 7.05 Å². The number of nitrogens with one attached hydrogen (secondary N) is 1. The quantitative estimate of drug-likeness (QED) is 0.473. The lowest BCUT2D eigenvalue weighted by molar-refractivity contribution is 0.350. The highest BCUT2D eigenvalue weighted by Gasteiger charge is 2.38. The summed E-state index contributed by atoms with van der Waals surface area (Å²) in [4.78, 5) is 0. The second kappa shape index (κ2) is 2.38. The third-order valence-electron chi connectivity index (χ3n) is 1.64. The van der Waals surface area contributed by atoms with Crippen LogP contribution in [0.1, 0.15) is 12.8 Å². The molecule has 1 saturated carbocycles. The molecular weight excluding hydrogens is 114 g/mol. The number of hydrogen-bond donors (Lipinski definition) is 2. The fraction of sp³-hybridized carbons (Fsp3) is 0.714. The Balaban J connectivity index is 2.41. The van der Waals surface area contributed by atoms with E-state index in [4.69, 9.17) is 5.11 Å². The van der Waals surface area contributed by atoms with Crippen LogP contribution in [-0.2, 0) is 0 Å². The van der Waals surface area contributed by atoms with Crippen molar-refractivity contribution in [3.63, 3.8) is 0 Å². The third kappa shape index (κ3) is 1.44. The summed E-state index contributed by atoms with van der Waals surface area (Å²) in [5.41, 5.74) is 0.0722. The molecule has 2 N–H and O–H groups in total. The Morgan fingerprint density at radius 2 is 2.33 bits per heavy atom. The van der Waals surface area contributed by atoms with Crippen molar-refractivity contribution in [1.29, 1.82) is 0 Å².